The lowest BCUT2D eigenvalue weighted by Crippen LogP contribution is -2.29. The van der Waals surface area contributed by atoms with Crippen LogP contribution in [-0.2, 0) is 26.2 Å². The van der Waals surface area contributed by atoms with Crippen molar-refractivity contribution in [2.24, 2.45) is 0 Å². The average molecular weight is 1650 g/mol. The lowest BCUT2D eigenvalue weighted by molar-refractivity contribution is -0.605. The van der Waals surface area contributed by atoms with Gasteiger partial charge < -0.3 is 47.7 Å². The highest BCUT2D eigenvalue weighted by Gasteiger charge is 2.25. The monoisotopic (exact) mass is 1640 g/mol. The lowest BCUT2D eigenvalue weighted by Gasteiger charge is -2.23. The van der Waals surface area contributed by atoms with Gasteiger partial charge >= 0.3 is 0 Å². The maximum absolute atomic E-state index is 11.4. The molecule has 0 bridgehead atoms. The van der Waals surface area contributed by atoms with Crippen LogP contribution < -0.4 is 47.3 Å². The van der Waals surface area contributed by atoms with E-state index >= 15 is 0 Å². The molecule has 526 valence electrons. The molecule has 4 saturated heterocycles. The summed E-state index contributed by atoms with van der Waals surface area (Å²) >= 11 is 15.6. The van der Waals surface area contributed by atoms with Crippen LogP contribution in [0.1, 0.15) is 120 Å². The number of anilines is 4. The number of piperidine rings is 4. The van der Waals surface area contributed by atoms with Gasteiger partial charge in [0, 0.05) is 145 Å². The first-order chi connectivity index (χ1) is 50.1. The fourth-order valence-electron chi connectivity index (χ4n) is 13.1. The maximum Gasteiger partial charge on any atom is 0.185 e. The Balaban J connectivity index is 0.000000116. The third-order valence-corrected chi connectivity index (χ3v) is 21.3. The van der Waals surface area contributed by atoms with Crippen LogP contribution in [-0.4, -0.2) is 130 Å². The normalized spacial score (nSPS) is 16.0. The Hall–Kier alpha value is -8.53. The summed E-state index contributed by atoms with van der Waals surface area (Å²) in [5, 5.41) is 62.9. The van der Waals surface area contributed by atoms with E-state index in [0.29, 0.717) is 49.9 Å². The first-order valence-electron chi connectivity index (χ1n) is 34.4. The summed E-state index contributed by atoms with van der Waals surface area (Å²) < 4.78 is 15.7. The highest BCUT2D eigenvalue weighted by Crippen LogP contribution is 2.34. The minimum Gasteiger partial charge on any atom is -0.619 e. The van der Waals surface area contributed by atoms with Crippen molar-refractivity contribution >= 4 is 121 Å². The zero-order chi connectivity index (χ0) is 69.6. The van der Waals surface area contributed by atoms with E-state index in [4.69, 9.17) is 19.9 Å². The Kier molecular flexibility index (Phi) is 23.6. The number of benzene rings is 1. The van der Waals surface area contributed by atoms with Gasteiger partial charge in [-0.1, -0.05) is 40.9 Å². The first-order valence-corrected chi connectivity index (χ1v) is 38.4. The summed E-state index contributed by atoms with van der Waals surface area (Å²) in [6, 6.07) is 28.6. The van der Waals surface area contributed by atoms with E-state index in [1.54, 1.807) is 54.0 Å². The van der Waals surface area contributed by atoms with Gasteiger partial charge in [0.25, 0.3) is 0 Å². The molecule has 4 aliphatic heterocycles. The fraction of sp³-hybridized carbons (Fsp3) is 0.338. The molecule has 1 unspecified atom stereocenters. The second kappa shape index (κ2) is 34.2. The number of aromatic nitrogens is 17. The molecule has 4 fully saturated rings. The van der Waals surface area contributed by atoms with Crippen LogP contribution in [0, 0.1) is 5.21 Å². The van der Waals surface area contributed by atoms with Crippen LogP contribution in [0.2, 0.25) is 0 Å². The molecule has 12 aromatic heterocycles. The third-order valence-electron chi connectivity index (χ3n) is 18.6. The van der Waals surface area contributed by atoms with E-state index < -0.39 is 0 Å². The molecule has 0 radical (unpaired) electrons. The molecule has 8 N–H and O–H groups in total. The highest BCUT2D eigenvalue weighted by molar-refractivity contribution is 9.11. The zero-order valence-electron chi connectivity index (χ0n) is 55.8. The van der Waals surface area contributed by atoms with Crippen molar-refractivity contribution in [1.29, 1.82) is 0 Å². The average Bonchev–Trinajstić information content (AvgIpc) is 1.61. The van der Waals surface area contributed by atoms with Crippen molar-refractivity contribution in [1.82, 2.24) is 99.2 Å². The maximum atomic E-state index is 11.4. The van der Waals surface area contributed by atoms with E-state index in [2.05, 4.69) is 207 Å². The van der Waals surface area contributed by atoms with E-state index in [0.717, 1.165) is 210 Å². The van der Waals surface area contributed by atoms with Crippen LogP contribution >= 0.6 is 75.3 Å². The molecule has 102 heavy (non-hydrogen) atoms. The van der Waals surface area contributed by atoms with Crippen molar-refractivity contribution in [3.63, 3.8) is 0 Å². The molecule has 13 aromatic rings. The third kappa shape index (κ3) is 17.6. The minimum absolute atomic E-state index is 0.449. The number of pyridine rings is 3. The molecule has 0 spiro atoms. The predicted octanol–water partition coefficient (Wildman–Crippen LogP) is 12.2. The summed E-state index contributed by atoms with van der Waals surface area (Å²) in [6.07, 6.45) is 26.5. The van der Waals surface area contributed by atoms with Crippen LogP contribution in [0.3, 0.4) is 0 Å². The van der Waals surface area contributed by atoms with Crippen molar-refractivity contribution in [2.45, 2.75) is 101 Å². The van der Waals surface area contributed by atoms with E-state index in [1.165, 1.54) is 36.1 Å². The summed E-state index contributed by atoms with van der Waals surface area (Å²) in [5.41, 5.74) is 14.2. The number of hydrogen-bond donors (Lipinski definition) is 8. The Morgan fingerprint density at radius 2 is 0.853 bits per heavy atom. The van der Waals surface area contributed by atoms with E-state index in [1.807, 2.05) is 49.5 Å². The largest absolute Gasteiger partial charge is 0.619 e. The van der Waals surface area contributed by atoms with Crippen molar-refractivity contribution in [3.8, 4) is 11.3 Å². The number of halogens is 4. The molecule has 0 amide bonds. The van der Waals surface area contributed by atoms with Gasteiger partial charge in [-0.2, -0.15) is 43.2 Å². The quantitative estimate of drug-likeness (QED) is 0.0310. The number of nitrogens with zero attached hydrogens (tertiary/aromatic N) is 17. The molecular formula is C71H77Br4N25OS. The molecule has 0 aliphatic carbocycles. The minimum atomic E-state index is 0.449. The smallest absolute Gasteiger partial charge is 0.185 e. The fourth-order valence-corrected chi connectivity index (χ4v) is 14.9. The SMILES string of the molecule is Brc1cnn2c(NCc3ccc(-c4csnn4)cc3)cc(C3CCNCC3)nc12.Brc1cnn2c(NCc3cccnc3)cc(C3CCCNC3)nc12.Brc1cnn2c(NCc3cccnc3)cc(C3CCNCC3)nc12.[O-][n+]1cccc(CNc2cc(C3CCNCC3)nc3c(Br)cnn23)c1. The summed E-state index contributed by atoms with van der Waals surface area (Å²) in [6.45, 7) is 11.0. The van der Waals surface area contributed by atoms with Gasteiger partial charge in [-0.15, -0.1) is 5.10 Å². The molecule has 1 aromatic carbocycles. The second-order valence-corrected chi connectivity index (χ2v) is 29.5. The van der Waals surface area contributed by atoms with Crippen LogP contribution in [0.5, 0.6) is 0 Å². The molecule has 26 nitrogen and oxygen atoms in total. The molecule has 16 heterocycles. The Morgan fingerprint density at radius 3 is 1.23 bits per heavy atom. The number of rotatable bonds is 17. The number of nitrogens with one attached hydrogen (secondary N) is 8. The summed E-state index contributed by atoms with van der Waals surface area (Å²) in [4.78, 5) is 27.7. The van der Waals surface area contributed by atoms with Crippen molar-refractivity contribution in [2.75, 3.05) is 73.6 Å². The second-order valence-electron chi connectivity index (χ2n) is 25.5. The molecule has 1 atom stereocenters. The Morgan fingerprint density at radius 1 is 0.451 bits per heavy atom. The lowest BCUT2D eigenvalue weighted by atomic mass is 9.94. The van der Waals surface area contributed by atoms with Gasteiger partial charge in [-0.3, -0.25) is 9.97 Å². The van der Waals surface area contributed by atoms with Gasteiger partial charge in [-0.25, -0.2) is 19.9 Å². The molecule has 4 aliphatic rings. The molecular weight excluding hydrogens is 1570 g/mol. The van der Waals surface area contributed by atoms with Gasteiger partial charge in [0.2, 0.25) is 0 Å². The summed E-state index contributed by atoms with van der Waals surface area (Å²) in [7, 11) is 0. The van der Waals surface area contributed by atoms with Crippen molar-refractivity contribution in [3.05, 3.63) is 220 Å². The molecule has 0 saturated carbocycles. The van der Waals surface area contributed by atoms with E-state index in [9.17, 15) is 5.21 Å². The van der Waals surface area contributed by atoms with Crippen molar-refractivity contribution < 1.29 is 4.73 Å². The van der Waals surface area contributed by atoms with E-state index in [-0.39, 0.29) is 0 Å². The summed E-state index contributed by atoms with van der Waals surface area (Å²) in [5.74, 6) is 5.64. The Labute approximate surface area is 626 Å². The zero-order valence-corrected chi connectivity index (χ0v) is 63.0. The van der Waals surface area contributed by atoms with Gasteiger partial charge in [0.1, 0.15) is 29.0 Å². The highest BCUT2D eigenvalue weighted by atomic mass is 79.9. The Bertz CT molecular complexity index is 4720. The topological polar surface area (TPSA) is 296 Å². The van der Waals surface area contributed by atoms with Gasteiger partial charge in [0.15, 0.2) is 35.0 Å². The van der Waals surface area contributed by atoms with Gasteiger partial charge in [-0.05, 0) is 207 Å². The predicted molar refractivity (Wildman–Crippen MR) is 411 cm³/mol. The van der Waals surface area contributed by atoms with Crippen LogP contribution in [0.4, 0.5) is 23.3 Å². The van der Waals surface area contributed by atoms with Gasteiger partial charge in [0.05, 0.1) is 48.4 Å². The number of hydrogen-bond acceptors (Lipinski definition) is 22. The molecule has 17 rings (SSSR count). The first kappa shape index (κ1) is 70.5. The number of fused-ring (bicyclic) bond motifs is 4. The van der Waals surface area contributed by atoms with Crippen LogP contribution in [0.15, 0.2) is 170 Å². The standard InChI is InChI=1S/C20H20BrN7S.C17H19BrN6O.2C17H19BrN6/c21-16-11-24-28-19(9-17(25-20(16)28)15-5-7-22-8-6-15)23-10-13-1-3-14(4-2-13)18-12-29-27-26-18;18-14-10-21-24-16(20-9-12-2-1-7-23(25)11-12)8-15(22-17(14)24)13-3-5-19-6-4-13;18-14-11-22-24-16(21-9-12-3-1-5-19-8-12)7-15(23-17(14)24)13-4-2-6-20-10-13;18-14-11-22-24-16(21-10-12-2-1-5-20-9-12)8-15(23-17(14)24)13-3-6-19-7-4-13/h1-4,9,11-12,15,22-23H,5-8,10H2;1-2,7-8,10-11,13,19-20H,3-6,9H2;1,3,5,7-8,11,13,20-21H,2,4,6,9-10H2;1-2,5,8-9,11,13,19,21H,3-4,6-7,10H2. The molecule has 31 heteroatoms. The van der Waals surface area contributed by atoms with Crippen LogP contribution in [0.25, 0.3) is 33.8 Å².